The quantitative estimate of drug-likeness (QED) is 0.883. The van der Waals surface area contributed by atoms with Crippen molar-refractivity contribution in [3.63, 3.8) is 0 Å². The predicted octanol–water partition coefficient (Wildman–Crippen LogP) is 3.46. The Bertz CT molecular complexity index is 591. The van der Waals surface area contributed by atoms with E-state index >= 15 is 0 Å². The molecule has 0 saturated heterocycles. The van der Waals surface area contributed by atoms with Gasteiger partial charge in [-0.3, -0.25) is 0 Å². The minimum absolute atomic E-state index is 0.253. The maximum Gasteiger partial charge on any atom is 0.408 e. The van der Waals surface area contributed by atoms with Crippen molar-refractivity contribution in [3.8, 4) is 0 Å². The Balaban J connectivity index is 1.91. The number of oxazole rings is 1. The summed E-state index contributed by atoms with van der Waals surface area (Å²) >= 11 is 0. The first kappa shape index (κ1) is 17.0. The summed E-state index contributed by atoms with van der Waals surface area (Å²) in [6.45, 7) is 6.12. The van der Waals surface area contributed by atoms with E-state index in [-0.39, 0.29) is 6.61 Å². The van der Waals surface area contributed by atoms with Crippen molar-refractivity contribution in [3.05, 3.63) is 54.2 Å². The largest absolute Gasteiger partial charge is 0.446 e. The van der Waals surface area contributed by atoms with Gasteiger partial charge in [0.1, 0.15) is 17.4 Å². The van der Waals surface area contributed by atoms with Crippen LogP contribution in [0.2, 0.25) is 0 Å². The Morgan fingerprint density at radius 3 is 2.65 bits per heavy atom. The number of carbonyl (C=O) groups excluding carboxylic acids is 1. The summed E-state index contributed by atoms with van der Waals surface area (Å²) in [7, 11) is 0. The van der Waals surface area contributed by atoms with Crippen LogP contribution in [0.3, 0.4) is 0 Å². The summed E-state index contributed by atoms with van der Waals surface area (Å²) in [6, 6.07) is 9.34. The summed E-state index contributed by atoms with van der Waals surface area (Å²) in [5.74, 6) is 0.518. The Morgan fingerprint density at radius 2 is 2.04 bits per heavy atom. The van der Waals surface area contributed by atoms with Gasteiger partial charge in [-0.1, -0.05) is 30.3 Å². The Morgan fingerprint density at radius 1 is 1.30 bits per heavy atom. The standard InChI is InChI=1S/C17H22N2O4/c1-17(2,3)23-16(20)19-14(15-9-18-12-22-15)11-21-10-13-7-5-4-6-8-13/h4-9,12,14H,10-11H2,1-3H3,(H,19,20)/t14-/m0/s1. The molecule has 1 aromatic carbocycles. The van der Waals surface area contributed by atoms with Crippen LogP contribution in [0.1, 0.15) is 38.1 Å². The number of nitrogens with zero attached hydrogens (tertiary/aromatic N) is 1. The van der Waals surface area contributed by atoms with Crippen LogP contribution in [-0.4, -0.2) is 23.3 Å². The van der Waals surface area contributed by atoms with Crippen LogP contribution in [0, 0.1) is 0 Å². The highest BCUT2D eigenvalue weighted by atomic mass is 16.6. The van der Waals surface area contributed by atoms with Gasteiger partial charge in [0.2, 0.25) is 0 Å². The molecule has 1 atom stereocenters. The summed E-state index contributed by atoms with van der Waals surface area (Å²) in [5, 5.41) is 2.74. The van der Waals surface area contributed by atoms with Gasteiger partial charge in [0.25, 0.3) is 0 Å². The molecule has 0 aliphatic carbocycles. The lowest BCUT2D eigenvalue weighted by molar-refractivity contribution is 0.0409. The monoisotopic (exact) mass is 318 g/mol. The molecule has 0 bridgehead atoms. The number of hydrogen-bond donors (Lipinski definition) is 1. The molecular formula is C17H22N2O4. The highest BCUT2D eigenvalue weighted by Gasteiger charge is 2.22. The third kappa shape index (κ3) is 6.12. The maximum atomic E-state index is 11.9. The van der Waals surface area contributed by atoms with Gasteiger partial charge in [-0.15, -0.1) is 0 Å². The van der Waals surface area contributed by atoms with Crippen molar-refractivity contribution < 1.29 is 18.7 Å². The van der Waals surface area contributed by atoms with Gasteiger partial charge < -0.3 is 19.2 Å². The maximum absolute atomic E-state index is 11.9. The number of ether oxygens (including phenoxy) is 2. The molecule has 0 fully saturated rings. The molecule has 0 saturated carbocycles. The van der Waals surface area contributed by atoms with E-state index in [1.165, 1.54) is 6.39 Å². The van der Waals surface area contributed by atoms with Crippen LogP contribution in [-0.2, 0) is 16.1 Å². The normalized spacial score (nSPS) is 12.7. The predicted molar refractivity (Wildman–Crippen MR) is 84.7 cm³/mol. The zero-order chi connectivity index (χ0) is 16.7. The van der Waals surface area contributed by atoms with Gasteiger partial charge in [-0.2, -0.15) is 0 Å². The van der Waals surface area contributed by atoms with Crippen LogP contribution >= 0.6 is 0 Å². The minimum Gasteiger partial charge on any atom is -0.446 e. The number of nitrogens with one attached hydrogen (secondary N) is 1. The summed E-state index contributed by atoms with van der Waals surface area (Å²) in [6.07, 6.45) is 2.34. The molecule has 6 nitrogen and oxygen atoms in total. The molecule has 1 amide bonds. The molecular weight excluding hydrogens is 296 g/mol. The van der Waals surface area contributed by atoms with E-state index < -0.39 is 17.7 Å². The van der Waals surface area contributed by atoms with E-state index in [0.29, 0.717) is 12.4 Å². The second-order valence-corrected chi connectivity index (χ2v) is 6.10. The van der Waals surface area contributed by atoms with Crippen molar-refractivity contribution >= 4 is 6.09 Å². The Kier molecular flexibility index (Phi) is 5.76. The lowest BCUT2D eigenvalue weighted by Crippen LogP contribution is -2.36. The second kappa shape index (κ2) is 7.78. The van der Waals surface area contributed by atoms with Crippen LogP contribution in [0.4, 0.5) is 4.79 Å². The van der Waals surface area contributed by atoms with Crippen molar-refractivity contribution in [2.24, 2.45) is 0 Å². The third-order valence-corrected chi connectivity index (χ3v) is 2.88. The van der Waals surface area contributed by atoms with Crippen molar-refractivity contribution in [2.45, 2.75) is 39.0 Å². The van der Waals surface area contributed by atoms with E-state index in [1.807, 2.05) is 51.1 Å². The molecule has 2 aromatic rings. The van der Waals surface area contributed by atoms with Gasteiger partial charge in [0.05, 0.1) is 19.4 Å². The number of benzene rings is 1. The van der Waals surface area contributed by atoms with E-state index in [1.54, 1.807) is 6.20 Å². The molecule has 0 radical (unpaired) electrons. The van der Waals surface area contributed by atoms with Gasteiger partial charge >= 0.3 is 6.09 Å². The van der Waals surface area contributed by atoms with E-state index in [0.717, 1.165) is 5.56 Å². The fourth-order valence-electron chi connectivity index (χ4n) is 1.91. The molecule has 1 heterocycles. The number of aromatic nitrogens is 1. The first-order valence-electron chi connectivity index (χ1n) is 7.43. The SMILES string of the molecule is CC(C)(C)OC(=O)N[C@@H](COCc1ccccc1)c1cnco1. The van der Waals surface area contributed by atoms with Crippen LogP contribution in [0.25, 0.3) is 0 Å². The van der Waals surface area contributed by atoms with Gasteiger partial charge in [-0.25, -0.2) is 9.78 Å². The lowest BCUT2D eigenvalue weighted by atomic mass is 10.2. The number of rotatable bonds is 6. The van der Waals surface area contributed by atoms with Crippen LogP contribution < -0.4 is 5.32 Å². The zero-order valence-corrected chi connectivity index (χ0v) is 13.6. The highest BCUT2D eigenvalue weighted by Crippen LogP contribution is 2.15. The first-order valence-corrected chi connectivity index (χ1v) is 7.43. The fourth-order valence-corrected chi connectivity index (χ4v) is 1.91. The first-order chi connectivity index (χ1) is 10.9. The molecule has 0 aliphatic rings. The molecule has 0 aliphatic heterocycles. The number of alkyl carbamates (subject to hydrolysis) is 1. The Hall–Kier alpha value is -2.34. The van der Waals surface area contributed by atoms with E-state index in [9.17, 15) is 4.79 Å². The van der Waals surface area contributed by atoms with Crippen LogP contribution in [0.5, 0.6) is 0 Å². The smallest absolute Gasteiger partial charge is 0.408 e. The minimum atomic E-state index is -0.569. The Labute approximate surface area is 135 Å². The third-order valence-electron chi connectivity index (χ3n) is 2.88. The summed E-state index contributed by atoms with van der Waals surface area (Å²) < 4.78 is 16.2. The highest BCUT2D eigenvalue weighted by molar-refractivity contribution is 5.68. The summed E-state index contributed by atoms with van der Waals surface area (Å²) in [5.41, 5.74) is 0.488. The molecule has 0 spiro atoms. The van der Waals surface area contributed by atoms with E-state index in [2.05, 4.69) is 10.3 Å². The van der Waals surface area contributed by atoms with Crippen molar-refractivity contribution in [2.75, 3.05) is 6.61 Å². The second-order valence-electron chi connectivity index (χ2n) is 6.10. The molecule has 1 N–H and O–H groups in total. The molecule has 0 unspecified atom stereocenters. The molecule has 23 heavy (non-hydrogen) atoms. The zero-order valence-electron chi connectivity index (χ0n) is 13.6. The van der Waals surface area contributed by atoms with Crippen LogP contribution in [0.15, 0.2) is 47.3 Å². The van der Waals surface area contributed by atoms with Crippen molar-refractivity contribution in [1.29, 1.82) is 0 Å². The number of carbonyl (C=O) groups is 1. The fraction of sp³-hybridized carbons (Fsp3) is 0.412. The van der Waals surface area contributed by atoms with Crippen molar-refractivity contribution in [1.82, 2.24) is 10.3 Å². The topological polar surface area (TPSA) is 73.6 Å². The molecule has 124 valence electrons. The molecule has 1 aromatic heterocycles. The van der Waals surface area contributed by atoms with E-state index in [4.69, 9.17) is 13.9 Å². The average Bonchev–Trinajstić information content (AvgIpc) is 2.99. The average molecular weight is 318 g/mol. The summed E-state index contributed by atoms with van der Waals surface area (Å²) in [4.78, 5) is 15.8. The van der Waals surface area contributed by atoms with Gasteiger partial charge in [0, 0.05) is 0 Å². The molecule has 2 rings (SSSR count). The van der Waals surface area contributed by atoms with Gasteiger partial charge in [0.15, 0.2) is 6.39 Å². The molecule has 6 heteroatoms. The van der Waals surface area contributed by atoms with Gasteiger partial charge in [-0.05, 0) is 26.3 Å². The number of hydrogen-bond acceptors (Lipinski definition) is 5. The lowest BCUT2D eigenvalue weighted by Gasteiger charge is -2.22. The number of amides is 1.